The molecule has 0 aliphatic heterocycles. The summed E-state index contributed by atoms with van der Waals surface area (Å²) in [6.07, 6.45) is 2.73. The van der Waals surface area contributed by atoms with Crippen LogP contribution in [0.3, 0.4) is 0 Å². The van der Waals surface area contributed by atoms with E-state index in [0.29, 0.717) is 12.8 Å². The van der Waals surface area contributed by atoms with E-state index < -0.39 is 29.4 Å². The molecule has 0 radical (unpaired) electrons. The maximum Gasteiger partial charge on any atom is 0.326 e. The largest absolute Gasteiger partial charge is 0.480 e. The van der Waals surface area contributed by atoms with Crippen molar-refractivity contribution in [3.05, 3.63) is 0 Å². The predicted molar refractivity (Wildman–Crippen MR) is 63.4 cm³/mol. The maximum absolute atomic E-state index is 11.9. The molecule has 0 spiro atoms. The highest BCUT2D eigenvalue weighted by molar-refractivity contribution is 5.90. The fourth-order valence-electron chi connectivity index (χ4n) is 2.08. The fraction of sp³-hybridized carbons (Fsp3) is 0.727. The van der Waals surface area contributed by atoms with Gasteiger partial charge in [-0.15, -0.1) is 0 Å². The number of carboxylic acids is 1. The summed E-state index contributed by atoms with van der Waals surface area (Å²) in [6.45, 7) is 0. The summed E-state index contributed by atoms with van der Waals surface area (Å²) >= 11 is 0. The van der Waals surface area contributed by atoms with Crippen LogP contribution in [0.4, 0.5) is 0 Å². The number of carboxylic acid groups (broad SMARTS) is 1. The highest BCUT2D eigenvalue weighted by Crippen LogP contribution is 2.27. The number of rotatable bonds is 6. The lowest BCUT2D eigenvalue weighted by Gasteiger charge is -2.24. The van der Waals surface area contributed by atoms with Crippen LogP contribution in [-0.2, 0) is 14.4 Å². The van der Waals surface area contributed by atoms with E-state index in [2.05, 4.69) is 5.32 Å². The van der Waals surface area contributed by atoms with Crippen molar-refractivity contribution >= 4 is 17.8 Å². The Bertz CT molecular complexity index is 350. The Kier molecular flexibility index (Phi) is 4.66. The van der Waals surface area contributed by atoms with E-state index in [1.807, 2.05) is 0 Å². The normalized spacial score (nSPS) is 19.2. The number of hydrogen-bond donors (Lipinski definition) is 4. The van der Waals surface area contributed by atoms with Crippen molar-refractivity contribution in [3.8, 4) is 0 Å². The molecule has 7 heteroatoms. The third-order valence-corrected chi connectivity index (χ3v) is 3.23. The highest BCUT2D eigenvalue weighted by Gasteiger charge is 2.38. The second-order valence-electron chi connectivity index (χ2n) is 4.73. The zero-order valence-corrected chi connectivity index (χ0v) is 10.1. The van der Waals surface area contributed by atoms with Crippen molar-refractivity contribution in [3.63, 3.8) is 0 Å². The molecular weight excluding hydrogens is 238 g/mol. The topological polar surface area (TPSA) is 136 Å². The molecule has 1 aliphatic carbocycles. The van der Waals surface area contributed by atoms with Crippen LogP contribution in [0.25, 0.3) is 0 Å². The molecule has 1 atom stereocenters. The van der Waals surface area contributed by atoms with E-state index in [1.165, 1.54) is 0 Å². The monoisotopic (exact) mass is 257 g/mol. The van der Waals surface area contributed by atoms with Gasteiger partial charge in [0, 0.05) is 6.42 Å². The van der Waals surface area contributed by atoms with Crippen molar-refractivity contribution in [2.75, 3.05) is 0 Å². The first-order chi connectivity index (χ1) is 8.35. The van der Waals surface area contributed by atoms with Gasteiger partial charge in [-0.05, 0) is 19.3 Å². The van der Waals surface area contributed by atoms with E-state index >= 15 is 0 Å². The van der Waals surface area contributed by atoms with E-state index in [4.69, 9.17) is 16.6 Å². The molecule has 18 heavy (non-hydrogen) atoms. The minimum Gasteiger partial charge on any atom is -0.480 e. The van der Waals surface area contributed by atoms with Crippen molar-refractivity contribution in [1.29, 1.82) is 0 Å². The van der Waals surface area contributed by atoms with Gasteiger partial charge in [0.15, 0.2) is 0 Å². The molecule has 2 amide bonds. The minimum atomic E-state index is -1.19. The van der Waals surface area contributed by atoms with Crippen molar-refractivity contribution in [2.24, 2.45) is 11.5 Å². The summed E-state index contributed by atoms with van der Waals surface area (Å²) in [6, 6.07) is -1.12. The first-order valence-electron chi connectivity index (χ1n) is 5.96. The SMILES string of the molecule is NC(=O)CC[C@@H](NC(=O)C1(N)CCCC1)C(=O)O. The summed E-state index contributed by atoms with van der Waals surface area (Å²) in [5.41, 5.74) is 9.89. The van der Waals surface area contributed by atoms with E-state index in [9.17, 15) is 14.4 Å². The number of carbonyl (C=O) groups excluding carboxylic acids is 2. The molecule has 0 bridgehead atoms. The number of nitrogens with two attached hydrogens (primary N) is 2. The van der Waals surface area contributed by atoms with Crippen molar-refractivity contribution < 1.29 is 19.5 Å². The van der Waals surface area contributed by atoms with Crippen molar-refractivity contribution in [1.82, 2.24) is 5.32 Å². The Morgan fingerprint density at radius 1 is 1.28 bits per heavy atom. The molecule has 1 fully saturated rings. The summed E-state index contributed by atoms with van der Waals surface area (Å²) in [7, 11) is 0. The Balaban J connectivity index is 2.57. The maximum atomic E-state index is 11.9. The molecule has 0 aromatic carbocycles. The Morgan fingerprint density at radius 3 is 2.28 bits per heavy atom. The number of aliphatic carboxylic acids is 1. The number of amides is 2. The lowest BCUT2D eigenvalue weighted by molar-refractivity contribution is -0.143. The van der Waals surface area contributed by atoms with Gasteiger partial charge in [0.25, 0.3) is 0 Å². The number of primary amides is 1. The van der Waals surface area contributed by atoms with Gasteiger partial charge < -0.3 is 21.9 Å². The van der Waals surface area contributed by atoms with Gasteiger partial charge in [0.2, 0.25) is 11.8 Å². The molecule has 0 unspecified atom stereocenters. The van der Waals surface area contributed by atoms with Gasteiger partial charge >= 0.3 is 5.97 Å². The minimum absolute atomic E-state index is 0.0213. The summed E-state index contributed by atoms with van der Waals surface area (Å²) in [5.74, 6) is -2.25. The van der Waals surface area contributed by atoms with Gasteiger partial charge in [-0.3, -0.25) is 9.59 Å². The molecule has 1 rings (SSSR count). The molecule has 7 nitrogen and oxygen atoms in total. The van der Waals surface area contributed by atoms with Gasteiger partial charge in [-0.2, -0.15) is 0 Å². The molecule has 0 aromatic heterocycles. The molecular formula is C11H19N3O4. The Morgan fingerprint density at radius 2 is 1.83 bits per heavy atom. The molecule has 102 valence electrons. The van der Waals surface area contributed by atoms with Crippen LogP contribution in [0.15, 0.2) is 0 Å². The summed E-state index contributed by atoms with van der Waals surface area (Å²) < 4.78 is 0. The Hall–Kier alpha value is -1.63. The van der Waals surface area contributed by atoms with Crippen LogP contribution in [0.2, 0.25) is 0 Å². The molecule has 1 saturated carbocycles. The predicted octanol–water partition coefficient (Wildman–Crippen LogP) is -0.907. The van der Waals surface area contributed by atoms with Crippen LogP contribution in [0, 0.1) is 0 Å². The molecule has 1 aliphatic rings. The van der Waals surface area contributed by atoms with Gasteiger partial charge in [-0.25, -0.2) is 4.79 Å². The second kappa shape index (κ2) is 5.81. The molecule has 0 aromatic rings. The average Bonchev–Trinajstić information content (AvgIpc) is 2.71. The first kappa shape index (κ1) is 14.4. The van der Waals surface area contributed by atoms with Crippen LogP contribution < -0.4 is 16.8 Å². The zero-order chi connectivity index (χ0) is 13.8. The van der Waals surface area contributed by atoms with Crippen LogP contribution >= 0.6 is 0 Å². The highest BCUT2D eigenvalue weighted by atomic mass is 16.4. The Labute approximate surface area is 105 Å². The number of nitrogens with one attached hydrogen (secondary N) is 1. The third-order valence-electron chi connectivity index (χ3n) is 3.23. The summed E-state index contributed by atoms with van der Waals surface area (Å²) in [4.78, 5) is 33.5. The van der Waals surface area contributed by atoms with Crippen LogP contribution in [-0.4, -0.2) is 34.5 Å². The number of carbonyl (C=O) groups is 3. The average molecular weight is 257 g/mol. The van der Waals surface area contributed by atoms with E-state index in [0.717, 1.165) is 12.8 Å². The van der Waals surface area contributed by atoms with Crippen LogP contribution in [0.1, 0.15) is 38.5 Å². The second-order valence-corrected chi connectivity index (χ2v) is 4.73. The molecule has 0 saturated heterocycles. The van der Waals surface area contributed by atoms with Gasteiger partial charge in [-0.1, -0.05) is 12.8 Å². The molecule has 0 heterocycles. The lowest BCUT2D eigenvalue weighted by Crippen LogP contribution is -2.56. The smallest absolute Gasteiger partial charge is 0.326 e. The van der Waals surface area contributed by atoms with Crippen molar-refractivity contribution in [2.45, 2.75) is 50.1 Å². The van der Waals surface area contributed by atoms with E-state index in [-0.39, 0.29) is 12.8 Å². The quantitative estimate of drug-likeness (QED) is 0.488. The fourth-order valence-corrected chi connectivity index (χ4v) is 2.08. The standard InChI is InChI=1S/C11H19N3O4/c12-8(15)4-3-7(9(16)17)14-10(18)11(13)5-1-2-6-11/h7H,1-6,13H2,(H2,12,15)(H,14,18)(H,16,17)/t7-/m1/s1. The van der Waals surface area contributed by atoms with E-state index in [1.54, 1.807) is 0 Å². The van der Waals surface area contributed by atoms with Gasteiger partial charge in [0.05, 0.1) is 5.54 Å². The van der Waals surface area contributed by atoms with Gasteiger partial charge in [0.1, 0.15) is 6.04 Å². The first-order valence-corrected chi connectivity index (χ1v) is 5.96. The zero-order valence-electron chi connectivity index (χ0n) is 10.1. The number of hydrogen-bond acceptors (Lipinski definition) is 4. The molecule has 6 N–H and O–H groups in total. The van der Waals surface area contributed by atoms with Crippen LogP contribution in [0.5, 0.6) is 0 Å². The summed E-state index contributed by atoms with van der Waals surface area (Å²) in [5, 5.41) is 11.3. The lowest BCUT2D eigenvalue weighted by atomic mass is 9.97. The third kappa shape index (κ3) is 3.69.